The summed E-state index contributed by atoms with van der Waals surface area (Å²) in [5.74, 6) is -0.469. The molecule has 114 valence electrons. The first kappa shape index (κ1) is 14.8. The molecule has 0 unspecified atom stereocenters. The zero-order valence-electron chi connectivity index (χ0n) is 12.2. The lowest BCUT2D eigenvalue weighted by molar-refractivity contribution is 0.0950. The van der Waals surface area contributed by atoms with E-state index in [1.54, 1.807) is 42.6 Å². The molecular weight excluding hydrogens is 293 g/mol. The Kier molecular flexibility index (Phi) is 4.38. The van der Waals surface area contributed by atoms with Gasteiger partial charge in [-0.05, 0) is 41.5 Å². The van der Waals surface area contributed by atoms with Gasteiger partial charge in [-0.2, -0.15) is 0 Å². The van der Waals surface area contributed by atoms with Crippen molar-refractivity contribution in [3.05, 3.63) is 84.2 Å². The maximum absolute atomic E-state index is 13.2. The van der Waals surface area contributed by atoms with Crippen LogP contribution in [0.2, 0.25) is 0 Å². The van der Waals surface area contributed by atoms with Crippen LogP contribution in [0.4, 0.5) is 4.39 Å². The highest BCUT2D eigenvalue weighted by Gasteiger charge is 2.06. The molecule has 1 aromatic heterocycles. The number of amides is 1. The Labute approximate surface area is 133 Å². The van der Waals surface area contributed by atoms with Gasteiger partial charge in [0.25, 0.3) is 5.91 Å². The summed E-state index contributed by atoms with van der Waals surface area (Å²) in [4.78, 5) is 20.0. The van der Waals surface area contributed by atoms with Crippen molar-refractivity contribution in [3.63, 3.8) is 0 Å². The highest BCUT2D eigenvalue weighted by molar-refractivity contribution is 5.94. The first-order valence-electron chi connectivity index (χ1n) is 7.11. The summed E-state index contributed by atoms with van der Waals surface area (Å²) in [6, 6.07) is 15.1. The zero-order valence-corrected chi connectivity index (χ0v) is 12.2. The Morgan fingerprint density at radius 3 is 2.57 bits per heavy atom. The minimum absolute atomic E-state index is 0.186. The number of carbonyl (C=O) groups is 1. The molecule has 1 heterocycles. The largest absolute Gasteiger partial charge is 0.346 e. The molecule has 0 atom stereocenters. The van der Waals surface area contributed by atoms with E-state index < -0.39 is 0 Å². The Balaban J connectivity index is 1.68. The van der Waals surface area contributed by atoms with E-state index in [1.165, 1.54) is 18.5 Å². The van der Waals surface area contributed by atoms with E-state index in [2.05, 4.69) is 15.3 Å². The quantitative estimate of drug-likeness (QED) is 0.805. The summed E-state index contributed by atoms with van der Waals surface area (Å²) in [5, 5.41) is 2.79. The van der Waals surface area contributed by atoms with Gasteiger partial charge in [0.2, 0.25) is 0 Å². The van der Waals surface area contributed by atoms with E-state index in [1.807, 2.05) is 6.07 Å². The lowest BCUT2D eigenvalue weighted by Gasteiger charge is -2.06. The third-order valence-corrected chi connectivity index (χ3v) is 3.38. The second kappa shape index (κ2) is 6.79. The topological polar surface area (TPSA) is 54.9 Å². The maximum Gasteiger partial charge on any atom is 0.251 e. The number of nitrogens with one attached hydrogen (secondary N) is 1. The van der Waals surface area contributed by atoms with Crippen molar-refractivity contribution in [1.82, 2.24) is 15.3 Å². The van der Waals surface area contributed by atoms with Crippen LogP contribution in [0.25, 0.3) is 11.1 Å². The summed E-state index contributed by atoms with van der Waals surface area (Å²) >= 11 is 0. The van der Waals surface area contributed by atoms with Crippen molar-refractivity contribution < 1.29 is 9.18 Å². The minimum Gasteiger partial charge on any atom is -0.346 e. The lowest BCUT2D eigenvalue weighted by Crippen LogP contribution is -2.23. The second-order valence-electron chi connectivity index (χ2n) is 4.97. The number of aromatic nitrogens is 2. The van der Waals surface area contributed by atoms with E-state index in [0.29, 0.717) is 12.1 Å². The van der Waals surface area contributed by atoms with Crippen LogP contribution in [0.1, 0.15) is 16.1 Å². The molecule has 1 N–H and O–H groups in total. The standard InChI is InChI=1S/C18H14FN3O/c19-16-3-1-2-15(10-16)13-4-6-14(7-5-13)18(23)21-11-17-8-9-20-12-22-17/h1-10,12H,11H2,(H,21,23). The van der Waals surface area contributed by atoms with E-state index in [4.69, 9.17) is 0 Å². The summed E-state index contributed by atoms with van der Waals surface area (Å²) in [7, 11) is 0. The molecule has 0 saturated carbocycles. The van der Waals surface area contributed by atoms with E-state index in [9.17, 15) is 9.18 Å². The number of nitrogens with zero attached hydrogens (tertiary/aromatic N) is 2. The summed E-state index contributed by atoms with van der Waals surface area (Å²) in [6.07, 6.45) is 3.07. The van der Waals surface area contributed by atoms with Crippen LogP contribution in [0, 0.1) is 5.82 Å². The average Bonchev–Trinajstić information content (AvgIpc) is 2.61. The van der Waals surface area contributed by atoms with Gasteiger partial charge >= 0.3 is 0 Å². The van der Waals surface area contributed by atoms with Gasteiger partial charge in [0, 0.05) is 11.8 Å². The molecule has 0 aliphatic rings. The Hall–Kier alpha value is -3.08. The van der Waals surface area contributed by atoms with Crippen molar-refractivity contribution in [3.8, 4) is 11.1 Å². The van der Waals surface area contributed by atoms with Crippen LogP contribution in [0.15, 0.2) is 67.1 Å². The van der Waals surface area contributed by atoms with E-state index in [-0.39, 0.29) is 11.7 Å². The Bertz CT molecular complexity index is 804. The molecule has 0 aliphatic carbocycles. The van der Waals surface area contributed by atoms with Crippen LogP contribution in [-0.2, 0) is 6.54 Å². The van der Waals surface area contributed by atoms with E-state index in [0.717, 1.165) is 16.8 Å². The monoisotopic (exact) mass is 307 g/mol. The van der Waals surface area contributed by atoms with Gasteiger partial charge in [0.15, 0.2) is 0 Å². The molecule has 0 saturated heterocycles. The lowest BCUT2D eigenvalue weighted by atomic mass is 10.0. The van der Waals surface area contributed by atoms with Gasteiger partial charge in [-0.25, -0.2) is 14.4 Å². The first-order valence-corrected chi connectivity index (χ1v) is 7.11. The highest BCUT2D eigenvalue weighted by Crippen LogP contribution is 2.20. The zero-order chi connectivity index (χ0) is 16.1. The summed E-state index contributed by atoms with van der Waals surface area (Å²) < 4.78 is 13.2. The molecule has 0 spiro atoms. The molecule has 1 amide bonds. The van der Waals surface area contributed by atoms with Crippen molar-refractivity contribution in [2.75, 3.05) is 0 Å². The minimum atomic E-state index is -0.283. The summed E-state index contributed by atoms with van der Waals surface area (Å²) in [6.45, 7) is 0.340. The second-order valence-corrected chi connectivity index (χ2v) is 4.97. The molecule has 23 heavy (non-hydrogen) atoms. The normalized spacial score (nSPS) is 10.3. The van der Waals surface area contributed by atoms with E-state index >= 15 is 0 Å². The molecule has 0 aliphatic heterocycles. The summed E-state index contributed by atoms with van der Waals surface area (Å²) in [5.41, 5.74) is 2.92. The third-order valence-electron chi connectivity index (χ3n) is 3.38. The molecule has 0 fully saturated rings. The van der Waals surface area contributed by atoms with Crippen LogP contribution in [0.5, 0.6) is 0 Å². The average molecular weight is 307 g/mol. The first-order chi connectivity index (χ1) is 11.2. The van der Waals surface area contributed by atoms with Crippen molar-refractivity contribution >= 4 is 5.91 Å². The fourth-order valence-corrected chi connectivity index (χ4v) is 2.18. The van der Waals surface area contributed by atoms with Crippen LogP contribution < -0.4 is 5.32 Å². The SMILES string of the molecule is O=C(NCc1ccncn1)c1ccc(-c2cccc(F)c2)cc1. The predicted octanol–water partition coefficient (Wildman–Crippen LogP) is 3.21. The molecule has 0 radical (unpaired) electrons. The number of carbonyl (C=O) groups excluding carboxylic acids is 1. The van der Waals surface area contributed by atoms with Gasteiger partial charge in [0.1, 0.15) is 12.1 Å². The number of hydrogen-bond acceptors (Lipinski definition) is 3. The van der Waals surface area contributed by atoms with Crippen molar-refractivity contribution in [2.45, 2.75) is 6.54 Å². The Morgan fingerprint density at radius 2 is 1.87 bits per heavy atom. The third kappa shape index (κ3) is 3.77. The van der Waals surface area contributed by atoms with Gasteiger partial charge < -0.3 is 5.32 Å². The number of rotatable bonds is 4. The molecule has 2 aromatic carbocycles. The molecule has 3 aromatic rings. The predicted molar refractivity (Wildman–Crippen MR) is 85.0 cm³/mol. The van der Waals surface area contributed by atoms with Gasteiger partial charge in [-0.15, -0.1) is 0 Å². The number of benzene rings is 2. The number of hydrogen-bond donors (Lipinski definition) is 1. The van der Waals surface area contributed by atoms with Crippen molar-refractivity contribution in [2.24, 2.45) is 0 Å². The van der Waals surface area contributed by atoms with Crippen molar-refractivity contribution in [1.29, 1.82) is 0 Å². The fraction of sp³-hybridized carbons (Fsp3) is 0.0556. The highest BCUT2D eigenvalue weighted by atomic mass is 19.1. The molecule has 4 nitrogen and oxygen atoms in total. The smallest absolute Gasteiger partial charge is 0.251 e. The molecule has 3 rings (SSSR count). The number of halogens is 1. The van der Waals surface area contributed by atoms with Crippen LogP contribution >= 0.6 is 0 Å². The van der Waals surface area contributed by atoms with Crippen LogP contribution in [0.3, 0.4) is 0 Å². The van der Waals surface area contributed by atoms with Gasteiger partial charge in [0.05, 0.1) is 12.2 Å². The molecular formula is C18H14FN3O. The van der Waals surface area contributed by atoms with Gasteiger partial charge in [-0.3, -0.25) is 4.79 Å². The van der Waals surface area contributed by atoms with Crippen LogP contribution in [-0.4, -0.2) is 15.9 Å². The Morgan fingerprint density at radius 1 is 1.04 bits per heavy atom. The molecule has 0 bridgehead atoms. The van der Waals surface area contributed by atoms with Gasteiger partial charge in [-0.1, -0.05) is 24.3 Å². The molecule has 5 heteroatoms. The fourth-order valence-electron chi connectivity index (χ4n) is 2.18. The maximum atomic E-state index is 13.2.